The number of anilines is 1. The first-order valence-electron chi connectivity index (χ1n) is 8.51. The predicted molar refractivity (Wildman–Crippen MR) is 93.7 cm³/mol. The van der Waals surface area contributed by atoms with E-state index in [1.54, 1.807) is 6.20 Å². The van der Waals surface area contributed by atoms with E-state index in [4.69, 9.17) is 0 Å². The number of carbonyl (C=O) groups excluding carboxylic acids is 1. The lowest BCUT2D eigenvalue weighted by molar-refractivity contribution is -0.132. The summed E-state index contributed by atoms with van der Waals surface area (Å²) < 4.78 is 1.86. The fourth-order valence-corrected chi connectivity index (χ4v) is 3.38. The Morgan fingerprint density at radius 3 is 3.00 bits per heavy atom. The smallest absolute Gasteiger partial charge is 0.223 e. The molecule has 2 aromatic rings. The Bertz CT molecular complexity index is 724. The van der Waals surface area contributed by atoms with Crippen LogP contribution in [-0.2, 0) is 18.3 Å². The standard InChI is InChI=1S/C18H25N5O/c1-13-15(12-21-22(13)3)6-7-18(24)23-10-4-5-16(23)14-8-9-20-17(11-14)19-2/h8-9,11-12,16H,4-7,10H2,1-3H3,(H,19,20)/t16-/m0/s1. The second kappa shape index (κ2) is 7.03. The van der Waals surface area contributed by atoms with E-state index in [0.29, 0.717) is 6.42 Å². The average molecular weight is 327 g/mol. The molecular weight excluding hydrogens is 302 g/mol. The summed E-state index contributed by atoms with van der Waals surface area (Å²) in [5, 5.41) is 7.32. The quantitative estimate of drug-likeness (QED) is 0.916. The molecule has 0 bridgehead atoms. The van der Waals surface area contributed by atoms with Gasteiger partial charge in [0.2, 0.25) is 5.91 Å². The molecule has 24 heavy (non-hydrogen) atoms. The molecule has 2 aromatic heterocycles. The van der Waals surface area contributed by atoms with Crippen LogP contribution in [0.2, 0.25) is 0 Å². The molecule has 1 N–H and O–H groups in total. The molecule has 1 atom stereocenters. The minimum Gasteiger partial charge on any atom is -0.373 e. The SMILES string of the molecule is CNc1cc([C@@H]2CCCN2C(=O)CCc2cnn(C)c2C)ccn1. The van der Waals surface area contributed by atoms with Crippen molar-refractivity contribution in [1.82, 2.24) is 19.7 Å². The van der Waals surface area contributed by atoms with Crippen molar-refractivity contribution in [3.8, 4) is 0 Å². The van der Waals surface area contributed by atoms with Gasteiger partial charge in [0.15, 0.2) is 0 Å². The van der Waals surface area contributed by atoms with Crippen LogP contribution in [0, 0.1) is 6.92 Å². The van der Waals surface area contributed by atoms with Crippen molar-refractivity contribution in [3.05, 3.63) is 41.3 Å². The summed E-state index contributed by atoms with van der Waals surface area (Å²) in [4.78, 5) is 19.0. The molecule has 0 radical (unpaired) electrons. The maximum Gasteiger partial charge on any atom is 0.223 e. The van der Waals surface area contributed by atoms with Gasteiger partial charge in [-0.3, -0.25) is 9.48 Å². The van der Waals surface area contributed by atoms with E-state index in [2.05, 4.69) is 15.4 Å². The monoisotopic (exact) mass is 327 g/mol. The highest BCUT2D eigenvalue weighted by molar-refractivity contribution is 5.77. The number of likely N-dealkylation sites (tertiary alicyclic amines) is 1. The fourth-order valence-electron chi connectivity index (χ4n) is 3.38. The molecule has 1 fully saturated rings. The van der Waals surface area contributed by atoms with Gasteiger partial charge in [0.05, 0.1) is 12.2 Å². The fraction of sp³-hybridized carbons (Fsp3) is 0.500. The molecule has 3 heterocycles. The van der Waals surface area contributed by atoms with Crippen LogP contribution in [0.4, 0.5) is 5.82 Å². The molecular formula is C18H25N5O. The number of hydrogen-bond acceptors (Lipinski definition) is 4. The Hall–Kier alpha value is -2.37. The van der Waals surface area contributed by atoms with E-state index in [-0.39, 0.29) is 11.9 Å². The number of hydrogen-bond donors (Lipinski definition) is 1. The van der Waals surface area contributed by atoms with Crippen LogP contribution in [0.25, 0.3) is 0 Å². The number of nitrogens with zero attached hydrogens (tertiary/aromatic N) is 4. The number of pyridine rings is 1. The van der Waals surface area contributed by atoms with E-state index >= 15 is 0 Å². The summed E-state index contributed by atoms with van der Waals surface area (Å²) in [7, 11) is 3.79. The highest BCUT2D eigenvalue weighted by Gasteiger charge is 2.29. The maximum absolute atomic E-state index is 12.7. The van der Waals surface area contributed by atoms with E-state index in [0.717, 1.165) is 48.4 Å². The largest absolute Gasteiger partial charge is 0.373 e. The molecule has 3 rings (SSSR count). The third-order valence-corrected chi connectivity index (χ3v) is 4.94. The zero-order chi connectivity index (χ0) is 17.1. The zero-order valence-electron chi connectivity index (χ0n) is 14.6. The molecule has 0 saturated carbocycles. The normalized spacial score (nSPS) is 17.3. The van der Waals surface area contributed by atoms with Crippen LogP contribution in [-0.4, -0.2) is 39.2 Å². The number of rotatable bonds is 5. The van der Waals surface area contributed by atoms with Crippen LogP contribution >= 0.6 is 0 Å². The van der Waals surface area contributed by atoms with Gasteiger partial charge in [-0.1, -0.05) is 0 Å². The lowest BCUT2D eigenvalue weighted by Crippen LogP contribution is -2.30. The van der Waals surface area contributed by atoms with E-state index in [9.17, 15) is 4.79 Å². The topological polar surface area (TPSA) is 63.1 Å². The van der Waals surface area contributed by atoms with Crippen molar-refractivity contribution < 1.29 is 4.79 Å². The third kappa shape index (κ3) is 3.27. The Morgan fingerprint density at radius 1 is 1.46 bits per heavy atom. The van der Waals surface area contributed by atoms with Crippen LogP contribution in [0.5, 0.6) is 0 Å². The molecule has 1 aliphatic rings. The molecule has 0 spiro atoms. The van der Waals surface area contributed by atoms with Gasteiger partial charge in [-0.15, -0.1) is 0 Å². The zero-order valence-corrected chi connectivity index (χ0v) is 14.6. The first-order chi connectivity index (χ1) is 11.6. The number of aryl methyl sites for hydroxylation is 2. The summed E-state index contributed by atoms with van der Waals surface area (Å²) in [5.74, 6) is 1.07. The van der Waals surface area contributed by atoms with Crippen LogP contribution in [0.15, 0.2) is 24.5 Å². The molecule has 128 valence electrons. The molecule has 6 nitrogen and oxygen atoms in total. The van der Waals surface area contributed by atoms with Crippen LogP contribution < -0.4 is 5.32 Å². The van der Waals surface area contributed by atoms with Gasteiger partial charge in [0.1, 0.15) is 5.82 Å². The van der Waals surface area contributed by atoms with Gasteiger partial charge in [0.25, 0.3) is 0 Å². The highest BCUT2D eigenvalue weighted by Crippen LogP contribution is 2.33. The van der Waals surface area contributed by atoms with Gasteiger partial charge in [-0.25, -0.2) is 4.98 Å². The molecule has 1 amide bonds. The van der Waals surface area contributed by atoms with Gasteiger partial charge in [0, 0.05) is 39.0 Å². The second-order valence-corrected chi connectivity index (χ2v) is 6.35. The van der Waals surface area contributed by atoms with Gasteiger partial charge in [-0.05, 0) is 49.4 Å². The van der Waals surface area contributed by atoms with Crippen LogP contribution in [0.3, 0.4) is 0 Å². The van der Waals surface area contributed by atoms with Gasteiger partial charge < -0.3 is 10.2 Å². The average Bonchev–Trinajstić information content (AvgIpc) is 3.21. The Balaban J connectivity index is 1.68. The van der Waals surface area contributed by atoms with E-state index in [1.807, 2.05) is 48.9 Å². The number of nitrogens with one attached hydrogen (secondary N) is 1. The first-order valence-corrected chi connectivity index (χ1v) is 8.51. The Labute approximate surface area is 142 Å². The third-order valence-electron chi connectivity index (χ3n) is 4.94. The van der Waals surface area contributed by atoms with Crippen molar-refractivity contribution in [2.75, 3.05) is 18.9 Å². The predicted octanol–water partition coefficient (Wildman–Crippen LogP) is 2.46. The van der Waals surface area contributed by atoms with Crippen molar-refractivity contribution >= 4 is 11.7 Å². The molecule has 0 aromatic carbocycles. The molecule has 0 aliphatic carbocycles. The number of carbonyl (C=O) groups is 1. The minimum atomic E-state index is 0.169. The van der Waals surface area contributed by atoms with Crippen molar-refractivity contribution in [2.45, 2.75) is 38.6 Å². The number of aromatic nitrogens is 3. The summed E-state index contributed by atoms with van der Waals surface area (Å²) in [6.45, 7) is 2.88. The van der Waals surface area contributed by atoms with Crippen molar-refractivity contribution in [3.63, 3.8) is 0 Å². The Morgan fingerprint density at radius 2 is 2.29 bits per heavy atom. The Kier molecular flexibility index (Phi) is 4.83. The summed E-state index contributed by atoms with van der Waals surface area (Å²) in [6.07, 6.45) is 7.03. The summed E-state index contributed by atoms with van der Waals surface area (Å²) in [6, 6.07) is 4.23. The lowest BCUT2D eigenvalue weighted by atomic mass is 10.0. The van der Waals surface area contributed by atoms with Gasteiger partial charge in [-0.2, -0.15) is 5.10 Å². The van der Waals surface area contributed by atoms with Crippen molar-refractivity contribution in [1.29, 1.82) is 0 Å². The van der Waals surface area contributed by atoms with Crippen molar-refractivity contribution in [2.24, 2.45) is 7.05 Å². The van der Waals surface area contributed by atoms with E-state index in [1.165, 1.54) is 0 Å². The molecule has 1 aliphatic heterocycles. The van der Waals surface area contributed by atoms with Crippen LogP contribution in [0.1, 0.15) is 42.1 Å². The molecule has 0 unspecified atom stereocenters. The lowest BCUT2D eigenvalue weighted by Gasteiger charge is -2.25. The molecule has 1 saturated heterocycles. The first kappa shape index (κ1) is 16.5. The van der Waals surface area contributed by atoms with Gasteiger partial charge >= 0.3 is 0 Å². The maximum atomic E-state index is 12.7. The second-order valence-electron chi connectivity index (χ2n) is 6.35. The molecule has 6 heteroatoms. The summed E-state index contributed by atoms with van der Waals surface area (Å²) in [5.41, 5.74) is 3.45. The number of amides is 1. The van der Waals surface area contributed by atoms with E-state index < -0.39 is 0 Å². The minimum absolute atomic E-state index is 0.169. The summed E-state index contributed by atoms with van der Waals surface area (Å²) >= 11 is 0. The highest BCUT2D eigenvalue weighted by atomic mass is 16.2.